The molecular formula is C15H18N4OS. The molecule has 2 N–H and O–H groups in total. The summed E-state index contributed by atoms with van der Waals surface area (Å²) in [5.74, 6) is 1.14. The van der Waals surface area contributed by atoms with Crippen molar-refractivity contribution < 1.29 is 4.79 Å². The first-order chi connectivity index (χ1) is 10.2. The van der Waals surface area contributed by atoms with Crippen molar-refractivity contribution in [1.82, 2.24) is 9.88 Å². The summed E-state index contributed by atoms with van der Waals surface area (Å²) in [6.07, 6.45) is 2.18. The Kier molecular flexibility index (Phi) is 4.06. The molecule has 1 fully saturated rings. The molecule has 6 heteroatoms. The van der Waals surface area contributed by atoms with E-state index in [-0.39, 0.29) is 5.91 Å². The van der Waals surface area contributed by atoms with Crippen molar-refractivity contribution in [2.45, 2.75) is 6.42 Å². The van der Waals surface area contributed by atoms with E-state index in [1.807, 2.05) is 34.5 Å². The molecule has 0 atom stereocenters. The fourth-order valence-corrected chi connectivity index (χ4v) is 3.14. The van der Waals surface area contributed by atoms with E-state index in [9.17, 15) is 4.79 Å². The fraction of sp³-hybridized carbons (Fsp3) is 0.333. The largest absolute Gasteiger partial charge is 0.397 e. The number of anilines is 2. The molecule has 110 valence electrons. The summed E-state index contributed by atoms with van der Waals surface area (Å²) in [5.41, 5.74) is 6.32. The summed E-state index contributed by atoms with van der Waals surface area (Å²) in [4.78, 5) is 21.8. The van der Waals surface area contributed by atoms with Gasteiger partial charge in [-0.3, -0.25) is 4.79 Å². The molecule has 0 aromatic carbocycles. The Balaban J connectivity index is 1.55. The molecule has 1 aliphatic heterocycles. The first-order valence-electron chi connectivity index (χ1n) is 6.99. The molecule has 1 amide bonds. The molecule has 1 aliphatic rings. The van der Waals surface area contributed by atoms with E-state index < -0.39 is 0 Å². The number of carbonyl (C=O) groups is 1. The zero-order valence-corrected chi connectivity index (χ0v) is 12.6. The van der Waals surface area contributed by atoms with E-state index >= 15 is 0 Å². The van der Waals surface area contributed by atoms with Crippen LogP contribution in [0.3, 0.4) is 0 Å². The molecule has 0 unspecified atom stereocenters. The Bertz CT molecular complexity index is 589. The number of hydrogen-bond donors (Lipinski definition) is 1. The quantitative estimate of drug-likeness (QED) is 0.936. The van der Waals surface area contributed by atoms with Gasteiger partial charge in [-0.15, -0.1) is 11.3 Å². The molecule has 0 aliphatic carbocycles. The lowest BCUT2D eigenvalue weighted by Crippen LogP contribution is -2.49. The van der Waals surface area contributed by atoms with Crippen LogP contribution in [0.15, 0.2) is 35.8 Å². The van der Waals surface area contributed by atoms with E-state index in [1.54, 1.807) is 17.5 Å². The van der Waals surface area contributed by atoms with Gasteiger partial charge in [-0.1, -0.05) is 6.07 Å². The minimum absolute atomic E-state index is 0.211. The summed E-state index contributed by atoms with van der Waals surface area (Å²) in [6, 6.07) is 7.78. The maximum atomic E-state index is 12.2. The van der Waals surface area contributed by atoms with Crippen molar-refractivity contribution in [2.75, 3.05) is 36.8 Å². The van der Waals surface area contributed by atoms with Gasteiger partial charge in [-0.25, -0.2) is 4.98 Å². The van der Waals surface area contributed by atoms with Gasteiger partial charge in [-0.05, 0) is 23.6 Å². The number of carbonyl (C=O) groups excluding carboxylic acids is 1. The molecule has 2 aromatic rings. The van der Waals surface area contributed by atoms with E-state index in [1.165, 1.54) is 0 Å². The second-order valence-corrected chi connectivity index (χ2v) is 6.11. The average molecular weight is 302 g/mol. The molecule has 0 radical (unpaired) electrons. The van der Waals surface area contributed by atoms with Crippen molar-refractivity contribution in [3.8, 4) is 0 Å². The Hall–Kier alpha value is -2.08. The molecule has 1 saturated heterocycles. The van der Waals surface area contributed by atoms with Crippen LogP contribution in [0.4, 0.5) is 11.5 Å². The SMILES string of the molecule is Nc1ccc(N2CCN(C(=O)Cc3cccs3)CC2)nc1. The van der Waals surface area contributed by atoms with Gasteiger partial charge in [0.25, 0.3) is 0 Å². The highest BCUT2D eigenvalue weighted by Gasteiger charge is 2.22. The molecule has 21 heavy (non-hydrogen) atoms. The van der Waals surface area contributed by atoms with Crippen LogP contribution in [-0.2, 0) is 11.2 Å². The van der Waals surface area contributed by atoms with E-state index in [4.69, 9.17) is 5.73 Å². The van der Waals surface area contributed by atoms with Gasteiger partial charge in [-0.2, -0.15) is 0 Å². The summed E-state index contributed by atoms with van der Waals surface area (Å²) in [7, 11) is 0. The predicted molar refractivity (Wildman–Crippen MR) is 85.5 cm³/mol. The lowest BCUT2D eigenvalue weighted by molar-refractivity contribution is -0.130. The average Bonchev–Trinajstić information content (AvgIpc) is 3.01. The number of nitrogens with zero attached hydrogens (tertiary/aromatic N) is 3. The summed E-state index contributed by atoms with van der Waals surface area (Å²) >= 11 is 1.63. The smallest absolute Gasteiger partial charge is 0.227 e. The van der Waals surface area contributed by atoms with Gasteiger partial charge < -0.3 is 15.5 Å². The maximum absolute atomic E-state index is 12.2. The van der Waals surface area contributed by atoms with Crippen LogP contribution >= 0.6 is 11.3 Å². The number of rotatable bonds is 3. The second kappa shape index (κ2) is 6.13. The van der Waals surface area contributed by atoms with Crippen LogP contribution < -0.4 is 10.6 Å². The monoisotopic (exact) mass is 302 g/mol. The van der Waals surface area contributed by atoms with Crippen molar-refractivity contribution in [3.63, 3.8) is 0 Å². The molecule has 3 rings (SSSR count). The van der Waals surface area contributed by atoms with Crippen LogP contribution in [0.1, 0.15) is 4.88 Å². The third-order valence-corrected chi connectivity index (χ3v) is 4.51. The second-order valence-electron chi connectivity index (χ2n) is 5.07. The van der Waals surface area contributed by atoms with Crippen LogP contribution in [-0.4, -0.2) is 42.0 Å². The number of hydrogen-bond acceptors (Lipinski definition) is 5. The van der Waals surface area contributed by atoms with Crippen LogP contribution in [0.25, 0.3) is 0 Å². The van der Waals surface area contributed by atoms with E-state index in [2.05, 4.69) is 9.88 Å². The fourth-order valence-electron chi connectivity index (χ4n) is 2.44. The van der Waals surface area contributed by atoms with Crippen LogP contribution in [0.2, 0.25) is 0 Å². The zero-order valence-electron chi connectivity index (χ0n) is 11.7. The summed E-state index contributed by atoms with van der Waals surface area (Å²) < 4.78 is 0. The highest BCUT2D eigenvalue weighted by Crippen LogP contribution is 2.16. The Labute approximate surface area is 128 Å². The van der Waals surface area contributed by atoms with Crippen molar-refractivity contribution >= 4 is 28.7 Å². The number of pyridine rings is 1. The molecular weight excluding hydrogens is 284 g/mol. The first kappa shape index (κ1) is 13.9. The Morgan fingerprint density at radius 2 is 2.05 bits per heavy atom. The maximum Gasteiger partial charge on any atom is 0.227 e. The highest BCUT2D eigenvalue weighted by atomic mass is 32.1. The topological polar surface area (TPSA) is 62.5 Å². The van der Waals surface area contributed by atoms with Gasteiger partial charge in [0.05, 0.1) is 18.3 Å². The van der Waals surface area contributed by atoms with Crippen molar-refractivity contribution in [1.29, 1.82) is 0 Å². The van der Waals surface area contributed by atoms with Gasteiger partial charge in [0.1, 0.15) is 5.82 Å². The molecule has 0 spiro atoms. The molecule has 0 saturated carbocycles. The minimum Gasteiger partial charge on any atom is -0.397 e. The molecule has 2 aromatic heterocycles. The molecule has 5 nitrogen and oxygen atoms in total. The van der Waals surface area contributed by atoms with Gasteiger partial charge in [0, 0.05) is 31.1 Å². The minimum atomic E-state index is 0.211. The Morgan fingerprint density at radius 1 is 1.24 bits per heavy atom. The normalized spacial score (nSPS) is 15.2. The van der Waals surface area contributed by atoms with Crippen LogP contribution in [0, 0.1) is 0 Å². The van der Waals surface area contributed by atoms with Crippen molar-refractivity contribution in [3.05, 3.63) is 40.7 Å². The third kappa shape index (κ3) is 3.33. The number of amides is 1. The number of thiophene rings is 1. The number of piperazine rings is 1. The van der Waals surface area contributed by atoms with Crippen LogP contribution in [0.5, 0.6) is 0 Å². The van der Waals surface area contributed by atoms with Crippen molar-refractivity contribution in [2.24, 2.45) is 0 Å². The summed E-state index contributed by atoms with van der Waals surface area (Å²) in [5, 5.41) is 2.01. The van der Waals surface area contributed by atoms with Gasteiger partial charge in [0.15, 0.2) is 0 Å². The van der Waals surface area contributed by atoms with E-state index in [0.717, 1.165) is 36.9 Å². The van der Waals surface area contributed by atoms with Gasteiger partial charge in [0.2, 0.25) is 5.91 Å². The first-order valence-corrected chi connectivity index (χ1v) is 7.87. The molecule has 0 bridgehead atoms. The lowest BCUT2D eigenvalue weighted by atomic mass is 10.2. The van der Waals surface area contributed by atoms with E-state index in [0.29, 0.717) is 12.1 Å². The highest BCUT2D eigenvalue weighted by molar-refractivity contribution is 7.10. The van der Waals surface area contributed by atoms with Gasteiger partial charge >= 0.3 is 0 Å². The predicted octanol–water partition coefficient (Wildman–Crippen LogP) is 1.62. The summed E-state index contributed by atoms with van der Waals surface area (Å²) in [6.45, 7) is 3.12. The Morgan fingerprint density at radius 3 is 2.67 bits per heavy atom. The lowest BCUT2D eigenvalue weighted by Gasteiger charge is -2.35. The third-order valence-electron chi connectivity index (χ3n) is 3.63. The molecule has 3 heterocycles. The zero-order chi connectivity index (χ0) is 14.7. The standard InChI is InChI=1S/C15H18N4OS/c16-12-3-4-14(17-11-12)18-5-7-19(8-6-18)15(20)10-13-2-1-9-21-13/h1-4,9,11H,5-8,10,16H2. The number of aromatic nitrogens is 1. The number of nitrogen functional groups attached to an aromatic ring is 1. The number of nitrogens with two attached hydrogens (primary N) is 1.